The van der Waals surface area contributed by atoms with Crippen LogP contribution in [0.3, 0.4) is 0 Å². The number of hydrogen-bond acceptors (Lipinski definition) is 2. The molecule has 0 radical (unpaired) electrons. The van der Waals surface area contributed by atoms with Crippen molar-refractivity contribution in [1.29, 1.82) is 0 Å². The van der Waals surface area contributed by atoms with Gasteiger partial charge in [0.2, 0.25) is 0 Å². The van der Waals surface area contributed by atoms with Crippen molar-refractivity contribution in [1.82, 2.24) is 0 Å². The summed E-state index contributed by atoms with van der Waals surface area (Å²) < 4.78 is 6.07. The fraction of sp³-hybridized carbons (Fsp3) is 0.0714. The SMILES string of the molecule is COc1c(Br)cc(C=O)c(Cl)c1-c1ccccc1. The predicted octanol–water partition coefficient (Wildman–Crippen LogP) is 4.59. The van der Waals surface area contributed by atoms with E-state index in [2.05, 4.69) is 15.9 Å². The molecule has 4 heteroatoms. The highest BCUT2D eigenvalue weighted by Gasteiger charge is 2.17. The van der Waals surface area contributed by atoms with Gasteiger partial charge < -0.3 is 4.74 Å². The lowest BCUT2D eigenvalue weighted by molar-refractivity contribution is 0.112. The zero-order valence-corrected chi connectivity index (χ0v) is 12.0. The Morgan fingerprint density at radius 1 is 1.28 bits per heavy atom. The van der Waals surface area contributed by atoms with Crippen LogP contribution < -0.4 is 4.74 Å². The number of hydrogen-bond donors (Lipinski definition) is 0. The van der Waals surface area contributed by atoms with Gasteiger partial charge in [-0.3, -0.25) is 4.79 Å². The van der Waals surface area contributed by atoms with Crippen LogP contribution in [-0.4, -0.2) is 13.4 Å². The second kappa shape index (κ2) is 5.55. The molecule has 0 unspecified atom stereocenters. The summed E-state index contributed by atoms with van der Waals surface area (Å²) in [4.78, 5) is 11.0. The molecule has 0 saturated heterocycles. The molecular formula is C14H10BrClO2. The van der Waals surface area contributed by atoms with Crippen LogP contribution in [-0.2, 0) is 0 Å². The van der Waals surface area contributed by atoms with E-state index in [1.54, 1.807) is 13.2 Å². The Morgan fingerprint density at radius 2 is 1.94 bits per heavy atom. The number of carbonyl (C=O) groups is 1. The monoisotopic (exact) mass is 324 g/mol. The van der Waals surface area contributed by atoms with E-state index >= 15 is 0 Å². The van der Waals surface area contributed by atoms with Gasteiger partial charge in [0.15, 0.2) is 6.29 Å². The minimum atomic E-state index is 0.399. The molecule has 2 aromatic carbocycles. The Hall–Kier alpha value is -1.32. The van der Waals surface area contributed by atoms with Gasteiger partial charge in [0.05, 0.1) is 16.6 Å². The third-order valence-corrected chi connectivity index (χ3v) is 3.59. The molecule has 0 bridgehead atoms. The summed E-state index contributed by atoms with van der Waals surface area (Å²) in [5.74, 6) is 0.622. The lowest BCUT2D eigenvalue weighted by Crippen LogP contribution is -1.94. The van der Waals surface area contributed by atoms with Crippen molar-refractivity contribution in [3.8, 4) is 16.9 Å². The van der Waals surface area contributed by atoms with E-state index in [4.69, 9.17) is 16.3 Å². The predicted molar refractivity (Wildman–Crippen MR) is 76.5 cm³/mol. The molecule has 0 aromatic heterocycles. The van der Waals surface area contributed by atoms with Crippen molar-refractivity contribution in [2.75, 3.05) is 7.11 Å². The van der Waals surface area contributed by atoms with Gasteiger partial charge >= 0.3 is 0 Å². The van der Waals surface area contributed by atoms with E-state index in [0.29, 0.717) is 20.8 Å². The summed E-state index contributed by atoms with van der Waals surface area (Å²) in [5.41, 5.74) is 2.06. The molecule has 0 saturated carbocycles. The van der Waals surface area contributed by atoms with Crippen LogP contribution in [0.15, 0.2) is 40.9 Å². The molecule has 92 valence electrons. The largest absolute Gasteiger partial charge is 0.495 e. The van der Waals surface area contributed by atoms with Gasteiger partial charge in [-0.05, 0) is 27.6 Å². The smallest absolute Gasteiger partial charge is 0.151 e. The number of rotatable bonds is 3. The van der Waals surface area contributed by atoms with Crippen LogP contribution in [0.1, 0.15) is 10.4 Å². The zero-order chi connectivity index (χ0) is 13.1. The Morgan fingerprint density at radius 3 is 2.50 bits per heavy atom. The third-order valence-electron chi connectivity index (χ3n) is 2.59. The number of halogens is 2. The van der Waals surface area contributed by atoms with Crippen LogP contribution in [0.5, 0.6) is 5.75 Å². The molecule has 2 nitrogen and oxygen atoms in total. The highest BCUT2D eigenvalue weighted by Crippen LogP contribution is 2.43. The topological polar surface area (TPSA) is 26.3 Å². The average molecular weight is 326 g/mol. The van der Waals surface area contributed by atoms with Crippen molar-refractivity contribution in [3.05, 3.63) is 51.5 Å². The molecule has 0 N–H and O–H groups in total. The molecule has 0 spiro atoms. The lowest BCUT2D eigenvalue weighted by Gasteiger charge is -2.14. The normalized spacial score (nSPS) is 10.2. The Kier molecular flexibility index (Phi) is 4.04. The summed E-state index contributed by atoms with van der Waals surface area (Å²) in [5, 5.41) is 0.399. The maximum Gasteiger partial charge on any atom is 0.151 e. The standard InChI is InChI=1S/C14H10BrClO2/c1-18-14-11(15)7-10(8-17)13(16)12(14)9-5-3-2-4-6-9/h2-8H,1H3. The van der Waals surface area contributed by atoms with Gasteiger partial charge in [-0.2, -0.15) is 0 Å². The molecule has 2 aromatic rings. The first-order chi connectivity index (χ1) is 8.69. The molecule has 0 aliphatic carbocycles. The summed E-state index contributed by atoms with van der Waals surface area (Å²) in [6, 6.07) is 11.2. The second-order valence-electron chi connectivity index (χ2n) is 3.65. The van der Waals surface area contributed by atoms with Crippen LogP contribution in [0.25, 0.3) is 11.1 Å². The maximum absolute atomic E-state index is 11.0. The number of aldehydes is 1. The Bertz CT molecular complexity index is 582. The lowest BCUT2D eigenvalue weighted by atomic mass is 10.0. The van der Waals surface area contributed by atoms with Crippen LogP contribution in [0, 0.1) is 0 Å². The first-order valence-electron chi connectivity index (χ1n) is 5.25. The summed E-state index contributed by atoms with van der Waals surface area (Å²) in [6.07, 6.45) is 0.735. The molecule has 0 amide bonds. The van der Waals surface area contributed by atoms with Crippen LogP contribution in [0.2, 0.25) is 5.02 Å². The van der Waals surface area contributed by atoms with Gasteiger partial charge in [0, 0.05) is 11.1 Å². The number of carbonyl (C=O) groups excluding carboxylic acids is 1. The molecule has 0 heterocycles. The van der Waals surface area contributed by atoms with E-state index in [0.717, 1.165) is 17.4 Å². The average Bonchev–Trinajstić information content (AvgIpc) is 2.41. The van der Waals surface area contributed by atoms with E-state index in [9.17, 15) is 4.79 Å². The zero-order valence-electron chi connectivity index (χ0n) is 9.61. The molecule has 0 aliphatic heterocycles. The van der Waals surface area contributed by atoms with E-state index < -0.39 is 0 Å². The van der Waals surface area contributed by atoms with Crippen molar-refractivity contribution >= 4 is 33.8 Å². The fourth-order valence-corrected chi connectivity index (χ4v) is 2.68. The van der Waals surface area contributed by atoms with Crippen molar-refractivity contribution < 1.29 is 9.53 Å². The Balaban J connectivity index is 2.78. The number of benzene rings is 2. The molecule has 0 aliphatic rings. The van der Waals surface area contributed by atoms with Crippen LogP contribution >= 0.6 is 27.5 Å². The summed E-state index contributed by atoms with van der Waals surface area (Å²) in [7, 11) is 1.57. The highest BCUT2D eigenvalue weighted by molar-refractivity contribution is 9.10. The first-order valence-corrected chi connectivity index (χ1v) is 6.42. The number of ether oxygens (including phenoxy) is 1. The first kappa shape index (κ1) is 13.1. The van der Waals surface area contributed by atoms with Crippen molar-refractivity contribution in [2.45, 2.75) is 0 Å². The van der Waals surface area contributed by atoms with Gasteiger partial charge in [0.1, 0.15) is 5.75 Å². The van der Waals surface area contributed by atoms with Crippen LogP contribution in [0.4, 0.5) is 0 Å². The minimum Gasteiger partial charge on any atom is -0.495 e. The van der Waals surface area contributed by atoms with Crippen molar-refractivity contribution in [3.63, 3.8) is 0 Å². The minimum absolute atomic E-state index is 0.399. The molecule has 0 atom stereocenters. The second-order valence-corrected chi connectivity index (χ2v) is 4.89. The van der Waals surface area contributed by atoms with Gasteiger partial charge in [-0.15, -0.1) is 0 Å². The molecule has 18 heavy (non-hydrogen) atoms. The summed E-state index contributed by atoms with van der Waals surface area (Å²) in [6.45, 7) is 0. The van der Waals surface area contributed by atoms with Gasteiger partial charge in [-0.25, -0.2) is 0 Å². The maximum atomic E-state index is 11.0. The Labute approximate surface area is 119 Å². The van der Waals surface area contributed by atoms with E-state index in [-0.39, 0.29) is 0 Å². The van der Waals surface area contributed by atoms with Gasteiger partial charge in [0.25, 0.3) is 0 Å². The van der Waals surface area contributed by atoms with Crippen molar-refractivity contribution in [2.24, 2.45) is 0 Å². The van der Waals surface area contributed by atoms with E-state index in [1.807, 2.05) is 30.3 Å². The molecule has 0 fully saturated rings. The van der Waals surface area contributed by atoms with Gasteiger partial charge in [-0.1, -0.05) is 41.9 Å². The highest BCUT2D eigenvalue weighted by atomic mass is 79.9. The quantitative estimate of drug-likeness (QED) is 0.771. The third kappa shape index (κ3) is 2.28. The molecule has 2 rings (SSSR count). The molecular weight excluding hydrogens is 316 g/mol. The summed E-state index contributed by atoms with van der Waals surface area (Å²) >= 11 is 9.66. The fourth-order valence-electron chi connectivity index (χ4n) is 1.78. The van der Waals surface area contributed by atoms with E-state index in [1.165, 1.54) is 0 Å². The number of methoxy groups -OCH3 is 1.